The lowest BCUT2D eigenvalue weighted by Gasteiger charge is -2.29. The van der Waals surface area contributed by atoms with E-state index in [9.17, 15) is 4.79 Å². The number of anilines is 1. The molecule has 6 nitrogen and oxygen atoms in total. The van der Waals surface area contributed by atoms with Crippen molar-refractivity contribution < 1.29 is 9.32 Å². The summed E-state index contributed by atoms with van der Waals surface area (Å²) in [6.45, 7) is 1.37. The standard InChI is InChI=1S/C18H16N4O2/c23-18(22-10-9-13-3-1-2-4-15(13)11-22)20-16-7-5-14(6-8-16)17-19-12-24-21-17/h1-8,12H,9-11H2,(H,20,23). The van der Waals surface area contributed by atoms with E-state index in [-0.39, 0.29) is 6.03 Å². The largest absolute Gasteiger partial charge is 0.342 e. The minimum absolute atomic E-state index is 0.0863. The van der Waals surface area contributed by atoms with Crippen LogP contribution >= 0.6 is 0 Å². The lowest BCUT2D eigenvalue weighted by molar-refractivity contribution is 0.206. The Kier molecular flexibility index (Phi) is 3.70. The van der Waals surface area contributed by atoms with Crippen LogP contribution in [-0.4, -0.2) is 27.6 Å². The Morgan fingerprint density at radius 3 is 2.62 bits per heavy atom. The lowest BCUT2D eigenvalue weighted by Crippen LogP contribution is -2.38. The summed E-state index contributed by atoms with van der Waals surface area (Å²) in [5.74, 6) is 0.528. The van der Waals surface area contributed by atoms with E-state index < -0.39 is 0 Å². The molecule has 0 saturated carbocycles. The molecule has 2 heterocycles. The predicted octanol–water partition coefficient (Wildman–Crippen LogP) is 3.33. The molecule has 1 aliphatic heterocycles. The van der Waals surface area contributed by atoms with Crippen molar-refractivity contribution in [3.8, 4) is 11.4 Å². The van der Waals surface area contributed by atoms with Crippen molar-refractivity contribution in [3.63, 3.8) is 0 Å². The highest BCUT2D eigenvalue weighted by atomic mass is 16.5. The van der Waals surface area contributed by atoms with Gasteiger partial charge in [0.15, 0.2) is 0 Å². The van der Waals surface area contributed by atoms with Crippen LogP contribution in [0.15, 0.2) is 59.4 Å². The number of hydrogen-bond acceptors (Lipinski definition) is 4. The average molecular weight is 320 g/mol. The van der Waals surface area contributed by atoms with E-state index in [0.717, 1.165) is 24.2 Å². The maximum Gasteiger partial charge on any atom is 0.322 e. The third-order valence-corrected chi connectivity index (χ3v) is 4.17. The summed E-state index contributed by atoms with van der Waals surface area (Å²) < 4.78 is 4.73. The number of carbonyl (C=O) groups excluding carboxylic acids is 1. The fraction of sp³-hybridized carbons (Fsp3) is 0.167. The molecular formula is C18H16N4O2. The smallest absolute Gasteiger partial charge is 0.322 e. The van der Waals surface area contributed by atoms with Crippen molar-refractivity contribution in [3.05, 3.63) is 66.1 Å². The van der Waals surface area contributed by atoms with Gasteiger partial charge in [-0.3, -0.25) is 0 Å². The summed E-state index contributed by atoms with van der Waals surface area (Å²) in [4.78, 5) is 18.3. The molecule has 0 bridgehead atoms. The van der Waals surface area contributed by atoms with Crippen molar-refractivity contribution in [2.45, 2.75) is 13.0 Å². The molecular weight excluding hydrogens is 304 g/mol. The van der Waals surface area contributed by atoms with Crippen LogP contribution in [0.5, 0.6) is 0 Å². The lowest BCUT2D eigenvalue weighted by atomic mass is 10.0. The minimum Gasteiger partial charge on any atom is -0.342 e. The molecule has 6 heteroatoms. The SMILES string of the molecule is O=C(Nc1ccc(-c2ncon2)cc1)N1CCc2ccccc2C1. The van der Waals surface area contributed by atoms with Gasteiger partial charge in [-0.25, -0.2) is 4.79 Å². The Labute approximate surface area is 139 Å². The highest BCUT2D eigenvalue weighted by molar-refractivity contribution is 5.89. The molecule has 4 rings (SSSR count). The summed E-state index contributed by atoms with van der Waals surface area (Å²) in [6, 6.07) is 15.5. The van der Waals surface area contributed by atoms with E-state index >= 15 is 0 Å². The fourth-order valence-electron chi connectivity index (χ4n) is 2.87. The van der Waals surface area contributed by atoms with Crippen LogP contribution < -0.4 is 5.32 Å². The summed E-state index contributed by atoms with van der Waals surface area (Å²) in [7, 11) is 0. The number of nitrogens with one attached hydrogen (secondary N) is 1. The molecule has 2 aromatic carbocycles. The fourth-order valence-corrected chi connectivity index (χ4v) is 2.87. The topological polar surface area (TPSA) is 71.3 Å². The third-order valence-electron chi connectivity index (χ3n) is 4.17. The van der Waals surface area contributed by atoms with Crippen LogP contribution in [-0.2, 0) is 13.0 Å². The molecule has 24 heavy (non-hydrogen) atoms. The molecule has 1 aliphatic rings. The highest BCUT2D eigenvalue weighted by Crippen LogP contribution is 2.21. The Morgan fingerprint density at radius 2 is 1.88 bits per heavy atom. The Hall–Kier alpha value is -3.15. The zero-order chi connectivity index (χ0) is 16.4. The van der Waals surface area contributed by atoms with Crippen molar-refractivity contribution in [1.29, 1.82) is 0 Å². The van der Waals surface area contributed by atoms with Crippen molar-refractivity contribution in [2.24, 2.45) is 0 Å². The Bertz CT molecular complexity index is 844. The summed E-state index contributed by atoms with van der Waals surface area (Å²) in [6.07, 6.45) is 2.18. The molecule has 0 unspecified atom stereocenters. The van der Waals surface area contributed by atoms with Gasteiger partial charge in [-0.2, -0.15) is 4.98 Å². The van der Waals surface area contributed by atoms with E-state index in [1.54, 1.807) is 0 Å². The van der Waals surface area contributed by atoms with Gasteiger partial charge in [-0.05, 0) is 41.8 Å². The second-order valence-corrected chi connectivity index (χ2v) is 5.70. The summed E-state index contributed by atoms with van der Waals surface area (Å²) in [5.41, 5.74) is 4.12. The highest BCUT2D eigenvalue weighted by Gasteiger charge is 2.20. The van der Waals surface area contributed by atoms with E-state index in [1.807, 2.05) is 41.3 Å². The summed E-state index contributed by atoms with van der Waals surface area (Å²) >= 11 is 0. The zero-order valence-electron chi connectivity index (χ0n) is 13.0. The van der Waals surface area contributed by atoms with Crippen LogP contribution in [0.1, 0.15) is 11.1 Å². The first-order valence-corrected chi connectivity index (χ1v) is 7.79. The van der Waals surface area contributed by atoms with Gasteiger partial charge in [-0.1, -0.05) is 29.4 Å². The van der Waals surface area contributed by atoms with Crippen LogP contribution in [0.3, 0.4) is 0 Å². The molecule has 120 valence electrons. The van der Waals surface area contributed by atoms with Crippen LogP contribution in [0, 0.1) is 0 Å². The molecule has 0 atom stereocenters. The second kappa shape index (κ2) is 6.16. The minimum atomic E-state index is -0.0863. The number of hydrogen-bond donors (Lipinski definition) is 1. The number of carbonyl (C=O) groups is 1. The third kappa shape index (κ3) is 2.86. The van der Waals surface area contributed by atoms with Gasteiger partial charge < -0.3 is 14.7 Å². The van der Waals surface area contributed by atoms with Gasteiger partial charge in [0.05, 0.1) is 0 Å². The molecule has 0 radical (unpaired) electrons. The number of aromatic nitrogens is 2. The monoisotopic (exact) mass is 320 g/mol. The van der Waals surface area contributed by atoms with E-state index in [2.05, 4.69) is 27.6 Å². The number of urea groups is 1. The molecule has 1 N–H and O–H groups in total. The number of fused-ring (bicyclic) bond motifs is 1. The Morgan fingerprint density at radius 1 is 1.08 bits per heavy atom. The van der Waals surface area contributed by atoms with E-state index in [4.69, 9.17) is 4.52 Å². The predicted molar refractivity (Wildman–Crippen MR) is 89.3 cm³/mol. The number of benzene rings is 2. The normalized spacial score (nSPS) is 13.4. The first-order chi connectivity index (χ1) is 11.8. The molecule has 0 aliphatic carbocycles. The van der Waals surface area contributed by atoms with Crippen molar-refractivity contribution in [2.75, 3.05) is 11.9 Å². The maximum absolute atomic E-state index is 12.5. The first-order valence-electron chi connectivity index (χ1n) is 7.79. The van der Waals surface area contributed by atoms with E-state index in [0.29, 0.717) is 12.4 Å². The van der Waals surface area contributed by atoms with Gasteiger partial charge in [0, 0.05) is 24.3 Å². The molecule has 3 aromatic rings. The second-order valence-electron chi connectivity index (χ2n) is 5.70. The van der Waals surface area contributed by atoms with Gasteiger partial charge in [0.2, 0.25) is 12.2 Å². The van der Waals surface area contributed by atoms with E-state index in [1.165, 1.54) is 17.5 Å². The zero-order valence-corrected chi connectivity index (χ0v) is 13.0. The molecule has 2 amide bonds. The Balaban J connectivity index is 1.43. The first kappa shape index (κ1) is 14.4. The van der Waals surface area contributed by atoms with Crippen molar-refractivity contribution in [1.82, 2.24) is 15.0 Å². The molecule has 0 fully saturated rings. The molecule has 1 aromatic heterocycles. The van der Waals surface area contributed by atoms with Gasteiger partial charge in [-0.15, -0.1) is 0 Å². The van der Waals surface area contributed by atoms with Gasteiger partial charge in [0.1, 0.15) is 0 Å². The van der Waals surface area contributed by atoms with Crippen LogP contribution in [0.25, 0.3) is 11.4 Å². The van der Waals surface area contributed by atoms with Gasteiger partial charge >= 0.3 is 6.03 Å². The van der Waals surface area contributed by atoms with Crippen LogP contribution in [0.2, 0.25) is 0 Å². The van der Waals surface area contributed by atoms with Gasteiger partial charge in [0.25, 0.3) is 0 Å². The van der Waals surface area contributed by atoms with Crippen molar-refractivity contribution >= 4 is 11.7 Å². The number of rotatable bonds is 2. The maximum atomic E-state index is 12.5. The number of nitrogens with zero attached hydrogens (tertiary/aromatic N) is 3. The number of amides is 2. The molecule has 0 saturated heterocycles. The quantitative estimate of drug-likeness (QED) is 0.786. The van der Waals surface area contributed by atoms with Crippen LogP contribution in [0.4, 0.5) is 10.5 Å². The average Bonchev–Trinajstić information content (AvgIpc) is 3.16. The molecule has 0 spiro atoms. The summed E-state index contributed by atoms with van der Waals surface area (Å²) in [5, 5.41) is 6.73.